The zero-order valence-corrected chi connectivity index (χ0v) is 26.8. The van der Waals surface area contributed by atoms with E-state index in [0.717, 1.165) is 22.5 Å². The van der Waals surface area contributed by atoms with Gasteiger partial charge >= 0.3 is 22.3 Å². The zero-order valence-electron chi connectivity index (χ0n) is 25.2. The van der Waals surface area contributed by atoms with E-state index in [1.54, 1.807) is 30.5 Å². The van der Waals surface area contributed by atoms with Crippen LogP contribution in [0.3, 0.4) is 0 Å². The minimum atomic E-state index is -5.02. The van der Waals surface area contributed by atoms with Crippen molar-refractivity contribution in [2.24, 2.45) is 17.9 Å². The van der Waals surface area contributed by atoms with Gasteiger partial charge in [-0.2, -0.15) is 13.5 Å². The molecule has 252 valence electrons. The highest BCUT2D eigenvalue weighted by molar-refractivity contribution is 7.80. The van der Waals surface area contributed by atoms with E-state index in [-0.39, 0.29) is 10.8 Å². The largest absolute Gasteiger partial charge is 0.489 e. The average molecular weight is 695 g/mol. The molecule has 1 saturated heterocycles. The van der Waals surface area contributed by atoms with E-state index in [9.17, 15) is 27.9 Å². The molecule has 2 aromatic heterocycles. The number of anilines is 2. The first-order valence-electron chi connectivity index (χ1n) is 13.6. The van der Waals surface area contributed by atoms with Crippen LogP contribution in [0.4, 0.5) is 11.1 Å². The number of aromatic nitrogens is 3. The lowest BCUT2D eigenvalue weighted by molar-refractivity contribution is -0.659. The van der Waals surface area contributed by atoms with Crippen molar-refractivity contribution in [3.05, 3.63) is 47.7 Å². The molecule has 21 heteroatoms. The number of hydrogen-bond acceptors (Lipinski definition) is 15. The summed E-state index contributed by atoms with van der Waals surface area (Å²) in [5.41, 5.74) is 10.8. The molecule has 4 rings (SSSR count). The fourth-order valence-corrected chi connectivity index (χ4v) is 5.23. The van der Waals surface area contributed by atoms with Gasteiger partial charge in [-0.3, -0.25) is 19.5 Å². The van der Waals surface area contributed by atoms with Crippen LogP contribution in [0.2, 0.25) is 0 Å². The van der Waals surface area contributed by atoms with Gasteiger partial charge in [-0.25, -0.2) is 14.3 Å². The first kappa shape index (κ1) is 34.9. The minimum Gasteiger partial charge on any atom is -0.489 e. The monoisotopic (exact) mass is 694 g/mol. The Morgan fingerprint density at radius 3 is 2.51 bits per heavy atom. The number of nitrogens with one attached hydrogen (secondary N) is 2. The summed E-state index contributed by atoms with van der Waals surface area (Å²) in [4.78, 5) is 51.2. The van der Waals surface area contributed by atoms with Crippen LogP contribution in [0.25, 0.3) is 11.1 Å². The molecule has 1 fully saturated rings. The third kappa shape index (κ3) is 8.45. The number of oxime groups is 1. The van der Waals surface area contributed by atoms with Gasteiger partial charge in [-0.15, -0.1) is 15.6 Å². The van der Waals surface area contributed by atoms with Crippen molar-refractivity contribution in [3.63, 3.8) is 0 Å². The van der Waals surface area contributed by atoms with Crippen LogP contribution in [0.5, 0.6) is 5.75 Å². The van der Waals surface area contributed by atoms with E-state index in [0.29, 0.717) is 29.9 Å². The molecule has 0 aliphatic carbocycles. The Morgan fingerprint density at radius 1 is 1.26 bits per heavy atom. The number of hydrogen-bond donors (Lipinski definition) is 6. The number of carboxylic acids is 1. The first-order chi connectivity index (χ1) is 22.1. The Labute approximate surface area is 272 Å². The van der Waals surface area contributed by atoms with E-state index < -0.39 is 58.2 Å². The number of β-lactam (4-membered cyclic amide) rings is 1. The molecule has 47 heavy (non-hydrogen) atoms. The molecule has 2 atom stereocenters. The van der Waals surface area contributed by atoms with Crippen LogP contribution >= 0.6 is 11.3 Å². The second kappa shape index (κ2) is 14.2. The molecule has 0 saturated carbocycles. The number of aliphatic carboxylic acids is 1. The Kier molecular flexibility index (Phi) is 10.6. The second-order valence-corrected chi connectivity index (χ2v) is 12.4. The number of nitrogens with zero attached hydrogens (tertiary/aromatic N) is 5. The molecule has 8 N–H and O–H groups in total. The molecule has 0 bridgehead atoms. The zero-order chi connectivity index (χ0) is 34.5. The van der Waals surface area contributed by atoms with Crippen LogP contribution in [0.1, 0.15) is 19.5 Å². The van der Waals surface area contributed by atoms with E-state index in [2.05, 4.69) is 30.0 Å². The quantitative estimate of drug-likeness (QED) is 0.0369. The van der Waals surface area contributed by atoms with Crippen molar-refractivity contribution in [2.45, 2.75) is 31.5 Å². The topological polar surface area (TPSA) is 275 Å². The Bertz CT molecular complexity index is 1780. The maximum atomic E-state index is 13.2. The molecular formula is C26H32N9O10S2+. The van der Waals surface area contributed by atoms with Crippen molar-refractivity contribution in [1.82, 2.24) is 20.3 Å². The Balaban J connectivity index is 1.44. The van der Waals surface area contributed by atoms with Gasteiger partial charge in [-0.1, -0.05) is 22.3 Å². The predicted octanol–water partition coefficient (Wildman–Crippen LogP) is -0.925. The number of carboxylic acid groups (broad SMARTS) is 1. The first-order valence-corrected chi connectivity index (χ1v) is 15.9. The molecule has 19 nitrogen and oxygen atoms in total. The fourth-order valence-electron chi connectivity index (χ4n) is 4.23. The van der Waals surface area contributed by atoms with Gasteiger partial charge in [0.2, 0.25) is 0 Å². The number of aryl methyl sites for hydroxylation is 1. The Morgan fingerprint density at radius 2 is 1.96 bits per heavy atom. The van der Waals surface area contributed by atoms with Crippen molar-refractivity contribution in [1.29, 1.82) is 0 Å². The molecule has 1 aliphatic rings. The second-order valence-electron chi connectivity index (χ2n) is 10.5. The molecule has 2 amide bonds. The van der Waals surface area contributed by atoms with Gasteiger partial charge in [0, 0.05) is 17.5 Å². The van der Waals surface area contributed by atoms with Crippen LogP contribution in [0, 0.1) is 0 Å². The highest BCUT2D eigenvalue weighted by atomic mass is 32.3. The summed E-state index contributed by atoms with van der Waals surface area (Å²) >= 11 is 0.954. The third-order valence-electron chi connectivity index (χ3n) is 6.66. The third-order valence-corrected chi connectivity index (χ3v) is 7.67. The number of rotatable bonds is 15. The molecule has 1 aliphatic heterocycles. The summed E-state index contributed by atoms with van der Waals surface area (Å²) in [7, 11) is -3.18. The SMILES string of the molecule is C[n+]1cc(-c2ccc(OC[C@H](O/N=C(\C(=O)NC3C(=O)N(OS(=O)(=O)O)C3(C)C)c3csc(N)n3)C(=O)O)cc2)cnc1NCCN. The smallest absolute Gasteiger partial charge is 0.418 e. The van der Waals surface area contributed by atoms with E-state index in [4.69, 9.17) is 25.6 Å². The van der Waals surface area contributed by atoms with Crippen molar-refractivity contribution < 1.29 is 50.9 Å². The number of carbonyl (C=O) groups is 3. The van der Waals surface area contributed by atoms with Crippen LogP contribution in [-0.4, -0.2) is 94.0 Å². The highest BCUT2D eigenvalue weighted by Gasteiger charge is 2.58. The molecule has 0 spiro atoms. The lowest BCUT2D eigenvalue weighted by Crippen LogP contribution is -2.76. The molecule has 0 radical (unpaired) electrons. The van der Waals surface area contributed by atoms with Crippen molar-refractivity contribution in [3.8, 4) is 16.9 Å². The number of nitrogen functional groups attached to an aromatic ring is 1. The number of ether oxygens (including phenoxy) is 1. The van der Waals surface area contributed by atoms with E-state index in [1.165, 1.54) is 19.2 Å². The van der Waals surface area contributed by atoms with E-state index in [1.807, 2.05) is 17.8 Å². The minimum absolute atomic E-state index is 0.0542. The summed E-state index contributed by atoms with van der Waals surface area (Å²) in [6.07, 6.45) is 1.88. The van der Waals surface area contributed by atoms with Gasteiger partial charge in [-0.05, 0) is 31.5 Å². The number of carbonyl (C=O) groups excluding carboxylic acids is 2. The summed E-state index contributed by atoms with van der Waals surface area (Å²) in [6, 6.07) is 5.44. The fraction of sp³-hybridized carbons (Fsp3) is 0.346. The molecular weight excluding hydrogens is 662 g/mol. The van der Waals surface area contributed by atoms with E-state index >= 15 is 0 Å². The highest BCUT2D eigenvalue weighted by Crippen LogP contribution is 2.33. The maximum Gasteiger partial charge on any atom is 0.418 e. The number of thiazole rings is 1. The molecule has 3 aromatic rings. The number of hydroxylamine groups is 2. The van der Waals surface area contributed by atoms with Gasteiger partial charge in [0.15, 0.2) is 10.8 Å². The van der Waals surface area contributed by atoms with Gasteiger partial charge in [0.05, 0.1) is 25.3 Å². The number of benzene rings is 1. The number of amides is 2. The Hall–Kier alpha value is -4.96. The van der Waals surface area contributed by atoms with Gasteiger partial charge < -0.3 is 31.5 Å². The van der Waals surface area contributed by atoms with Gasteiger partial charge in [0.25, 0.3) is 17.9 Å². The van der Waals surface area contributed by atoms with Crippen molar-refractivity contribution >= 4 is 56.3 Å². The lowest BCUT2D eigenvalue weighted by Gasteiger charge is -2.50. The molecule has 3 heterocycles. The lowest BCUT2D eigenvalue weighted by atomic mass is 9.84. The summed E-state index contributed by atoms with van der Waals surface area (Å²) in [5.74, 6) is -2.52. The summed E-state index contributed by atoms with van der Waals surface area (Å²) in [5, 5.41) is 20.7. The van der Waals surface area contributed by atoms with Gasteiger partial charge in [0.1, 0.15) is 30.3 Å². The van der Waals surface area contributed by atoms with Crippen LogP contribution in [-0.2, 0) is 41.0 Å². The van der Waals surface area contributed by atoms with Crippen LogP contribution in [0.15, 0.2) is 47.2 Å². The average Bonchev–Trinajstić information content (AvgIpc) is 3.44. The normalized spacial score (nSPS) is 16.6. The predicted molar refractivity (Wildman–Crippen MR) is 165 cm³/mol. The number of nitrogens with two attached hydrogens (primary N) is 2. The maximum absolute atomic E-state index is 13.2. The molecule has 1 unspecified atom stereocenters. The van der Waals surface area contributed by atoms with Crippen LogP contribution < -0.4 is 31.4 Å². The molecule has 1 aromatic carbocycles. The summed E-state index contributed by atoms with van der Waals surface area (Å²) < 4.78 is 42.8. The summed E-state index contributed by atoms with van der Waals surface area (Å²) in [6.45, 7) is 3.24. The standard InChI is InChI=1S/C26H31N9O10S2/c1-26(2)20(22(37)35(26)45-47(40,41)42)32-21(36)19(17-13-46-24(28)31-17)33-44-18(23(38)39)12-43-16-6-4-14(5-7-16)15-10-30-25(29-9-8-27)34(3)11-15/h4-7,10-11,13,18,20H,8-9,12,27H2,1-3H3,(H5,28,31,32,36,38,39,40,41,42)/p+1/b33-19-/t18-,20?/m0/s1. The van der Waals surface area contributed by atoms with Crippen molar-refractivity contribution in [2.75, 3.05) is 30.7 Å².